The van der Waals surface area contributed by atoms with Gasteiger partial charge in [0.1, 0.15) is 0 Å². The van der Waals surface area contributed by atoms with E-state index in [-0.39, 0.29) is 17.9 Å². The first-order valence-corrected chi connectivity index (χ1v) is 7.18. The SMILES string of the molecule is NCCn1cc(C(=O)NCC2(CO)CCCCC2)nn1. The van der Waals surface area contributed by atoms with Crippen LogP contribution in [0.25, 0.3) is 0 Å². The van der Waals surface area contributed by atoms with Gasteiger partial charge in [-0.05, 0) is 12.8 Å². The number of nitrogens with zero attached hydrogens (tertiary/aromatic N) is 3. The second-order valence-corrected chi connectivity index (χ2v) is 5.56. The Balaban J connectivity index is 1.89. The van der Waals surface area contributed by atoms with Gasteiger partial charge in [0, 0.05) is 18.5 Å². The summed E-state index contributed by atoms with van der Waals surface area (Å²) in [6.07, 6.45) is 6.96. The molecule has 1 aliphatic carbocycles. The Morgan fingerprint density at radius 1 is 1.45 bits per heavy atom. The molecule has 0 bridgehead atoms. The van der Waals surface area contributed by atoms with Crippen LogP contribution in [0.15, 0.2) is 6.20 Å². The van der Waals surface area contributed by atoms with Gasteiger partial charge in [0.15, 0.2) is 5.69 Å². The zero-order chi connectivity index (χ0) is 14.4. The molecule has 1 amide bonds. The van der Waals surface area contributed by atoms with Crippen LogP contribution in [0.2, 0.25) is 0 Å². The van der Waals surface area contributed by atoms with E-state index in [0.717, 1.165) is 25.7 Å². The highest BCUT2D eigenvalue weighted by Gasteiger charge is 2.32. The van der Waals surface area contributed by atoms with E-state index in [1.165, 1.54) is 6.42 Å². The zero-order valence-electron chi connectivity index (χ0n) is 11.7. The molecule has 112 valence electrons. The fourth-order valence-electron chi connectivity index (χ4n) is 2.69. The smallest absolute Gasteiger partial charge is 0.273 e. The lowest BCUT2D eigenvalue weighted by Gasteiger charge is -2.35. The van der Waals surface area contributed by atoms with Crippen molar-refractivity contribution >= 4 is 5.91 Å². The molecule has 4 N–H and O–H groups in total. The minimum atomic E-state index is -0.244. The Kier molecular flexibility index (Phi) is 5.08. The van der Waals surface area contributed by atoms with Crippen molar-refractivity contribution in [3.63, 3.8) is 0 Å². The molecule has 1 aliphatic rings. The van der Waals surface area contributed by atoms with E-state index >= 15 is 0 Å². The first-order valence-electron chi connectivity index (χ1n) is 7.18. The predicted octanol–water partition coefficient (Wildman–Crippen LogP) is -0.0906. The van der Waals surface area contributed by atoms with E-state index in [2.05, 4.69) is 15.6 Å². The van der Waals surface area contributed by atoms with E-state index in [1.54, 1.807) is 10.9 Å². The molecule has 1 heterocycles. The topological polar surface area (TPSA) is 106 Å². The largest absolute Gasteiger partial charge is 0.396 e. The molecule has 2 rings (SSSR count). The van der Waals surface area contributed by atoms with E-state index in [9.17, 15) is 9.90 Å². The first-order chi connectivity index (χ1) is 9.69. The zero-order valence-corrected chi connectivity index (χ0v) is 11.7. The molecule has 20 heavy (non-hydrogen) atoms. The average Bonchev–Trinajstić information content (AvgIpc) is 2.95. The van der Waals surface area contributed by atoms with E-state index in [1.807, 2.05) is 0 Å². The van der Waals surface area contributed by atoms with Crippen LogP contribution in [0.4, 0.5) is 0 Å². The van der Waals surface area contributed by atoms with Crippen molar-refractivity contribution in [3.8, 4) is 0 Å². The molecule has 1 aromatic rings. The molecule has 7 nitrogen and oxygen atoms in total. The summed E-state index contributed by atoms with van der Waals surface area (Å²) in [6, 6.07) is 0. The molecule has 0 unspecified atom stereocenters. The quantitative estimate of drug-likeness (QED) is 0.675. The highest BCUT2D eigenvalue weighted by atomic mass is 16.3. The number of amides is 1. The summed E-state index contributed by atoms with van der Waals surface area (Å²) in [5.41, 5.74) is 5.55. The van der Waals surface area contributed by atoms with Crippen LogP contribution in [0.1, 0.15) is 42.6 Å². The summed E-state index contributed by atoms with van der Waals surface area (Å²) >= 11 is 0. The summed E-state index contributed by atoms with van der Waals surface area (Å²) in [5, 5.41) is 20.1. The number of aliphatic hydroxyl groups excluding tert-OH is 1. The lowest BCUT2D eigenvalue weighted by atomic mass is 9.74. The molecule has 1 aromatic heterocycles. The van der Waals surface area contributed by atoms with Crippen molar-refractivity contribution in [2.75, 3.05) is 19.7 Å². The molecule has 0 aromatic carbocycles. The van der Waals surface area contributed by atoms with Crippen LogP contribution < -0.4 is 11.1 Å². The van der Waals surface area contributed by atoms with Crippen LogP contribution in [0.3, 0.4) is 0 Å². The number of aromatic nitrogens is 3. The van der Waals surface area contributed by atoms with Crippen molar-refractivity contribution in [1.29, 1.82) is 0 Å². The number of nitrogens with one attached hydrogen (secondary N) is 1. The monoisotopic (exact) mass is 281 g/mol. The van der Waals surface area contributed by atoms with Crippen LogP contribution in [0.5, 0.6) is 0 Å². The Bertz CT molecular complexity index is 440. The number of hydrogen-bond donors (Lipinski definition) is 3. The fourth-order valence-corrected chi connectivity index (χ4v) is 2.69. The van der Waals surface area contributed by atoms with Crippen molar-refractivity contribution in [1.82, 2.24) is 20.3 Å². The summed E-state index contributed by atoms with van der Waals surface area (Å²) in [5.74, 6) is -0.244. The third-order valence-electron chi connectivity index (χ3n) is 4.00. The molecule has 1 saturated carbocycles. The maximum absolute atomic E-state index is 12.0. The van der Waals surface area contributed by atoms with Gasteiger partial charge < -0.3 is 16.2 Å². The van der Waals surface area contributed by atoms with Crippen LogP contribution in [-0.2, 0) is 6.54 Å². The molecule has 7 heteroatoms. The molecular formula is C13H23N5O2. The van der Waals surface area contributed by atoms with Crippen molar-refractivity contribution in [2.45, 2.75) is 38.6 Å². The number of carbonyl (C=O) groups is 1. The minimum Gasteiger partial charge on any atom is -0.396 e. The first kappa shape index (κ1) is 14.9. The Morgan fingerprint density at radius 2 is 2.20 bits per heavy atom. The summed E-state index contributed by atoms with van der Waals surface area (Å²) < 4.78 is 1.55. The lowest BCUT2D eigenvalue weighted by Crippen LogP contribution is -2.41. The second kappa shape index (κ2) is 6.81. The number of hydrogen-bond acceptors (Lipinski definition) is 5. The highest BCUT2D eigenvalue weighted by Crippen LogP contribution is 2.35. The maximum Gasteiger partial charge on any atom is 0.273 e. The van der Waals surface area contributed by atoms with Gasteiger partial charge in [0.25, 0.3) is 5.91 Å². The van der Waals surface area contributed by atoms with Crippen molar-refractivity contribution in [3.05, 3.63) is 11.9 Å². The lowest BCUT2D eigenvalue weighted by molar-refractivity contribution is 0.0715. The molecule has 1 fully saturated rings. The molecule has 0 saturated heterocycles. The molecule has 0 radical (unpaired) electrons. The Hall–Kier alpha value is -1.47. The van der Waals surface area contributed by atoms with E-state index in [0.29, 0.717) is 25.3 Å². The van der Waals surface area contributed by atoms with Gasteiger partial charge >= 0.3 is 0 Å². The standard InChI is InChI=1S/C13H23N5O2/c14-6-7-18-8-11(16-17-18)12(20)15-9-13(10-19)4-2-1-3-5-13/h8,19H,1-7,9-10,14H2,(H,15,20). The number of rotatable bonds is 6. The molecule has 0 aliphatic heterocycles. The van der Waals surface area contributed by atoms with Gasteiger partial charge in [-0.3, -0.25) is 9.48 Å². The Labute approximate surface area is 118 Å². The maximum atomic E-state index is 12.0. The second-order valence-electron chi connectivity index (χ2n) is 5.56. The van der Waals surface area contributed by atoms with Crippen molar-refractivity contribution < 1.29 is 9.90 Å². The minimum absolute atomic E-state index is 0.118. The molecule has 0 atom stereocenters. The van der Waals surface area contributed by atoms with Crippen LogP contribution >= 0.6 is 0 Å². The van der Waals surface area contributed by atoms with Crippen LogP contribution in [0, 0.1) is 5.41 Å². The number of aliphatic hydroxyl groups is 1. The van der Waals surface area contributed by atoms with Gasteiger partial charge in [-0.2, -0.15) is 0 Å². The van der Waals surface area contributed by atoms with Crippen molar-refractivity contribution in [2.24, 2.45) is 11.1 Å². The molecular weight excluding hydrogens is 258 g/mol. The van der Waals surface area contributed by atoms with E-state index in [4.69, 9.17) is 5.73 Å². The van der Waals surface area contributed by atoms with Gasteiger partial charge in [0.05, 0.1) is 19.3 Å². The van der Waals surface area contributed by atoms with E-state index < -0.39 is 0 Å². The van der Waals surface area contributed by atoms with Crippen LogP contribution in [-0.4, -0.2) is 45.7 Å². The van der Waals surface area contributed by atoms with Gasteiger partial charge in [-0.1, -0.05) is 24.5 Å². The average molecular weight is 281 g/mol. The Morgan fingerprint density at radius 3 is 2.85 bits per heavy atom. The predicted molar refractivity (Wildman–Crippen MR) is 74.0 cm³/mol. The highest BCUT2D eigenvalue weighted by molar-refractivity contribution is 5.91. The summed E-state index contributed by atoms with van der Waals surface area (Å²) in [4.78, 5) is 12.0. The third-order valence-corrected chi connectivity index (χ3v) is 4.00. The van der Waals surface area contributed by atoms with Gasteiger partial charge in [-0.25, -0.2) is 0 Å². The van der Waals surface area contributed by atoms with Gasteiger partial charge in [-0.15, -0.1) is 5.10 Å². The molecule has 0 spiro atoms. The van der Waals surface area contributed by atoms with Gasteiger partial charge in [0.2, 0.25) is 0 Å². The summed E-state index contributed by atoms with van der Waals surface area (Å²) in [6.45, 7) is 1.61. The number of nitrogens with two attached hydrogens (primary N) is 1. The normalized spacial score (nSPS) is 17.9. The third kappa shape index (κ3) is 3.55. The fraction of sp³-hybridized carbons (Fsp3) is 0.769. The number of carbonyl (C=O) groups excluding carboxylic acids is 1. The summed E-state index contributed by atoms with van der Waals surface area (Å²) in [7, 11) is 0.